The van der Waals surface area contributed by atoms with Gasteiger partial charge in [-0.15, -0.1) is 0 Å². The molecule has 3 aliphatic rings. The van der Waals surface area contributed by atoms with E-state index in [0.29, 0.717) is 32.6 Å². The van der Waals surface area contributed by atoms with Crippen molar-refractivity contribution < 1.29 is 22.9 Å². The van der Waals surface area contributed by atoms with Gasteiger partial charge in [-0.1, -0.05) is 0 Å². The van der Waals surface area contributed by atoms with E-state index in [2.05, 4.69) is 10.0 Å². The van der Waals surface area contributed by atoms with Gasteiger partial charge in [0.1, 0.15) is 5.71 Å². The predicted molar refractivity (Wildman–Crippen MR) is 112 cm³/mol. The molecule has 12 heteroatoms. The summed E-state index contributed by atoms with van der Waals surface area (Å²) >= 11 is 0. The van der Waals surface area contributed by atoms with E-state index in [1.165, 1.54) is 17.1 Å². The average molecular weight is 449 g/mol. The molecule has 3 aliphatic heterocycles. The van der Waals surface area contributed by atoms with Crippen molar-refractivity contribution in [2.75, 3.05) is 42.6 Å². The molecule has 3 heterocycles. The number of hydrazone groups is 1. The molecule has 0 aromatic heterocycles. The van der Waals surface area contributed by atoms with Crippen LogP contribution in [0, 0.1) is 10.1 Å². The van der Waals surface area contributed by atoms with Crippen molar-refractivity contribution in [3.05, 3.63) is 34.4 Å². The Hall–Kier alpha value is -3.02. The molecule has 11 nitrogen and oxygen atoms in total. The molecule has 1 unspecified atom stereocenters. The third-order valence-electron chi connectivity index (χ3n) is 5.85. The number of nitro benzene ring substituents is 1. The van der Waals surface area contributed by atoms with Crippen molar-refractivity contribution in [3.63, 3.8) is 0 Å². The molecular weight excluding hydrogens is 426 g/mol. The normalized spacial score (nSPS) is 23.6. The Bertz CT molecular complexity index is 1030. The molecule has 0 aliphatic carbocycles. The fraction of sp³-hybridized carbons (Fsp3) is 0.526. The molecule has 0 spiro atoms. The maximum Gasteiger partial charge on any atom is 0.270 e. The summed E-state index contributed by atoms with van der Waals surface area (Å²) in [6.45, 7) is 2.06. The standard InChI is InChI=1S/C19H23N5O6S/c25-18-6-5-17(20-23(18)16-7-12-31(29,30)13-16)19(26)22-10-8-21(9-11-22)14-1-3-15(4-2-14)24(27)28/h1-4,16H,5-13H2. The van der Waals surface area contributed by atoms with E-state index in [1.807, 2.05) is 0 Å². The van der Waals surface area contributed by atoms with Crippen LogP contribution in [0.15, 0.2) is 29.4 Å². The van der Waals surface area contributed by atoms with Crippen LogP contribution >= 0.6 is 0 Å². The summed E-state index contributed by atoms with van der Waals surface area (Å²) in [5.41, 5.74) is 1.17. The number of piperazine rings is 1. The van der Waals surface area contributed by atoms with Crippen LogP contribution < -0.4 is 4.90 Å². The highest BCUT2D eigenvalue weighted by molar-refractivity contribution is 7.91. The molecule has 2 saturated heterocycles. The molecule has 0 radical (unpaired) electrons. The molecule has 0 saturated carbocycles. The third kappa shape index (κ3) is 4.53. The summed E-state index contributed by atoms with van der Waals surface area (Å²) < 4.78 is 23.5. The summed E-state index contributed by atoms with van der Waals surface area (Å²) in [7, 11) is -3.17. The molecule has 1 aromatic carbocycles. The summed E-state index contributed by atoms with van der Waals surface area (Å²) in [5.74, 6) is -0.564. The van der Waals surface area contributed by atoms with Crippen LogP contribution in [0.3, 0.4) is 0 Å². The van der Waals surface area contributed by atoms with Crippen molar-refractivity contribution in [2.45, 2.75) is 25.3 Å². The zero-order valence-electron chi connectivity index (χ0n) is 16.8. The number of carbonyl (C=O) groups excluding carboxylic acids is 2. The van der Waals surface area contributed by atoms with E-state index in [0.717, 1.165) is 5.69 Å². The maximum absolute atomic E-state index is 13.0. The monoisotopic (exact) mass is 449 g/mol. The second-order valence-corrected chi connectivity index (χ2v) is 10.1. The Balaban J connectivity index is 1.39. The van der Waals surface area contributed by atoms with E-state index in [-0.39, 0.29) is 47.6 Å². The van der Waals surface area contributed by atoms with Crippen LogP contribution in [0.2, 0.25) is 0 Å². The lowest BCUT2D eigenvalue weighted by Crippen LogP contribution is -2.52. The molecule has 1 aromatic rings. The molecule has 1 atom stereocenters. The molecule has 2 amide bonds. The second kappa shape index (κ2) is 8.25. The van der Waals surface area contributed by atoms with Gasteiger partial charge in [0.2, 0.25) is 5.91 Å². The number of sulfone groups is 1. The minimum atomic E-state index is -3.17. The zero-order chi connectivity index (χ0) is 22.2. The average Bonchev–Trinajstić information content (AvgIpc) is 3.13. The SMILES string of the molecule is O=C(C1=NN(C2CCS(=O)(=O)C2)C(=O)CC1)N1CCN(c2ccc([N+](=O)[O-])cc2)CC1. The van der Waals surface area contributed by atoms with E-state index < -0.39 is 20.8 Å². The Morgan fingerprint density at radius 2 is 1.77 bits per heavy atom. The van der Waals surface area contributed by atoms with Crippen LogP contribution in [0.4, 0.5) is 11.4 Å². The molecular formula is C19H23N5O6S. The lowest BCUT2D eigenvalue weighted by molar-refractivity contribution is -0.384. The van der Waals surface area contributed by atoms with E-state index in [4.69, 9.17) is 0 Å². The fourth-order valence-electron chi connectivity index (χ4n) is 4.11. The van der Waals surface area contributed by atoms with Gasteiger partial charge in [0.25, 0.3) is 11.6 Å². The van der Waals surface area contributed by atoms with Crippen molar-refractivity contribution in [3.8, 4) is 0 Å². The summed E-state index contributed by atoms with van der Waals surface area (Å²) in [6.07, 6.45) is 0.729. The highest BCUT2D eigenvalue weighted by Gasteiger charge is 2.38. The first-order valence-electron chi connectivity index (χ1n) is 10.1. The number of non-ortho nitro benzene ring substituents is 1. The largest absolute Gasteiger partial charge is 0.368 e. The number of benzene rings is 1. The summed E-state index contributed by atoms with van der Waals surface area (Å²) in [4.78, 5) is 39.3. The Morgan fingerprint density at radius 1 is 1.10 bits per heavy atom. The molecule has 4 rings (SSSR count). The number of rotatable bonds is 4. The first kappa shape index (κ1) is 21.2. The smallest absolute Gasteiger partial charge is 0.270 e. The minimum absolute atomic E-state index is 0.0297. The van der Waals surface area contributed by atoms with Gasteiger partial charge in [-0.2, -0.15) is 5.10 Å². The molecule has 0 N–H and O–H groups in total. The topological polar surface area (TPSA) is 134 Å². The Kier molecular flexibility index (Phi) is 5.65. The van der Waals surface area contributed by atoms with Gasteiger partial charge in [0.05, 0.1) is 22.5 Å². The van der Waals surface area contributed by atoms with E-state index >= 15 is 0 Å². The van der Waals surface area contributed by atoms with E-state index in [9.17, 15) is 28.1 Å². The van der Waals surface area contributed by atoms with Crippen LogP contribution in [-0.2, 0) is 19.4 Å². The van der Waals surface area contributed by atoms with Crippen LogP contribution in [0.5, 0.6) is 0 Å². The zero-order valence-corrected chi connectivity index (χ0v) is 17.7. The first-order valence-corrected chi connectivity index (χ1v) is 11.9. The third-order valence-corrected chi connectivity index (χ3v) is 7.60. The van der Waals surface area contributed by atoms with Crippen LogP contribution in [0.25, 0.3) is 0 Å². The Labute approximate surface area is 179 Å². The van der Waals surface area contributed by atoms with Gasteiger partial charge in [-0.05, 0) is 18.6 Å². The van der Waals surface area contributed by atoms with Crippen molar-refractivity contribution in [1.29, 1.82) is 0 Å². The second-order valence-electron chi connectivity index (χ2n) is 7.89. The number of hydrogen-bond acceptors (Lipinski definition) is 8. The van der Waals surface area contributed by atoms with Crippen LogP contribution in [-0.4, -0.2) is 84.5 Å². The summed E-state index contributed by atoms with van der Waals surface area (Å²) in [6, 6.07) is 5.80. The molecule has 31 heavy (non-hydrogen) atoms. The molecule has 0 bridgehead atoms. The van der Waals surface area contributed by atoms with Crippen molar-refractivity contribution in [1.82, 2.24) is 9.91 Å². The lowest BCUT2D eigenvalue weighted by Gasteiger charge is -2.37. The van der Waals surface area contributed by atoms with Gasteiger partial charge < -0.3 is 9.80 Å². The minimum Gasteiger partial charge on any atom is -0.368 e. The number of nitrogens with zero attached hydrogens (tertiary/aromatic N) is 5. The maximum atomic E-state index is 13.0. The van der Waals surface area contributed by atoms with Gasteiger partial charge in [0.15, 0.2) is 9.84 Å². The predicted octanol–water partition coefficient (Wildman–Crippen LogP) is 0.409. The van der Waals surface area contributed by atoms with Crippen LogP contribution in [0.1, 0.15) is 19.3 Å². The van der Waals surface area contributed by atoms with Crippen molar-refractivity contribution in [2.24, 2.45) is 5.10 Å². The lowest BCUT2D eigenvalue weighted by atomic mass is 10.1. The number of anilines is 1. The number of hydrogen-bond donors (Lipinski definition) is 0. The van der Waals surface area contributed by atoms with Gasteiger partial charge in [0, 0.05) is 56.8 Å². The molecule has 2 fully saturated rings. The fourth-order valence-corrected chi connectivity index (χ4v) is 5.81. The summed E-state index contributed by atoms with van der Waals surface area (Å²) in [5, 5.41) is 16.3. The molecule has 166 valence electrons. The highest BCUT2D eigenvalue weighted by atomic mass is 32.2. The van der Waals surface area contributed by atoms with Gasteiger partial charge in [-0.25, -0.2) is 13.4 Å². The number of amides is 2. The van der Waals surface area contributed by atoms with E-state index in [1.54, 1.807) is 17.0 Å². The highest BCUT2D eigenvalue weighted by Crippen LogP contribution is 2.24. The quantitative estimate of drug-likeness (QED) is 0.480. The van der Waals surface area contributed by atoms with Gasteiger partial charge >= 0.3 is 0 Å². The first-order chi connectivity index (χ1) is 14.7. The Morgan fingerprint density at radius 3 is 2.35 bits per heavy atom. The number of nitro groups is 1. The number of carbonyl (C=O) groups is 2. The van der Waals surface area contributed by atoms with Gasteiger partial charge in [-0.3, -0.25) is 19.7 Å². The van der Waals surface area contributed by atoms with Crippen molar-refractivity contribution >= 4 is 38.7 Å².